The number of rotatable bonds is 4. The summed E-state index contributed by atoms with van der Waals surface area (Å²) >= 11 is 0. The van der Waals surface area contributed by atoms with Gasteiger partial charge in [-0.2, -0.15) is 0 Å². The van der Waals surface area contributed by atoms with Crippen LogP contribution in [0.15, 0.2) is 29.3 Å². The zero-order chi connectivity index (χ0) is 19.2. The van der Waals surface area contributed by atoms with E-state index in [1.165, 1.54) is 5.69 Å². The fourth-order valence-corrected chi connectivity index (χ4v) is 2.92. The third-order valence-corrected chi connectivity index (χ3v) is 4.15. The van der Waals surface area contributed by atoms with Gasteiger partial charge in [-0.1, -0.05) is 0 Å². The van der Waals surface area contributed by atoms with E-state index in [0.717, 1.165) is 37.9 Å². The molecule has 0 spiro atoms. The van der Waals surface area contributed by atoms with E-state index in [1.54, 1.807) is 14.2 Å². The molecule has 0 saturated carbocycles. The third kappa shape index (κ3) is 5.82. The Hall–Kier alpha value is -2.44. The SMILES string of the molecule is CN=C(NCC(=O)NC(C)(C)C)N1CCN(c2ccc(OC)cc2)CC1. The maximum Gasteiger partial charge on any atom is 0.239 e. The van der Waals surface area contributed by atoms with Crippen LogP contribution in [0, 0.1) is 0 Å². The van der Waals surface area contributed by atoms with Gasteiger partial charge in [0.2, 0.25) is 5.91 Å². The third-order valence-electron chi connectivity index (χ3n) is 4.15. The first-order valence-corrected chi connectivity index (χ1v) is 8.98. The highest BCUT2D eigenvalue weighted by Gasteiger charge is 2.21. The van der Waals surface area contributed by atoms with Crippen LogP contribution in [0.2, 0.25) is 0 Å². The van der Waals surface area contributed by atoms with Gasteiger partial charge >= 0.3 is 0 Å². The van der Waals surface area contributed by atoms with Gasteiger partial charge in [-0.25, -0.2) is 0 Å². The minimum atomic E-state index is -0.230. The second-order valence-corrected chi connectivity index (χ2v) is 7.37. The maximum atomic E-state index is 12.0. The summed E-state index contributed by atoms with van der Waals surface area (Å²) < 4.78 is 5.21. The van der Waals surface area contributed by atoms with Gasteiger partial charge in [0.25, 0.3) is 0 Å². The fraction of sp³-hybridized carbons (Fsp3) is 0.579. The summed E-state index contributed by atoms with van der Waals surface area (Å²) in [6.45, 7) is 9.65. The molecule has 1 aliphatic heterocycles. The van der Waals surface area contributed by atoms with Crippen molar-refractivity contribution in [1.29, 1.82) is 0 Å². The first-order valence-electron chi connectivity index (χ1n) is 8.98. The van der Waals surface area contributed by atoms with Crippen LogP contribution in [-0.4, -0.2) is 69.2 Å². The van der Waals surface area contributed by atoms with Gasteiger partial charge in [0.05, 0.1) is 13.7 Å². The molecule has 2 N–H and O–H groups in total. The average molecular weight is 361 g/mol. The standard InChI is InChI=1S/C19H31N5O2/c1-19(2,3)22-17(25)14-21-18(20-4)24-12-10-23(11-13-24)15-6-8-16(26-5)9-7-15/h6-9H,10-14H2,1-5H3,(H,20,21)(H,22,25). The number of anilines is 1. The summed E-state index contributed by atoms with van der Waals surface area (Å²) in [4.78, 5) is 20.8. The summed E-state index contributed by atoms with van der Waals surface area (Å²) in [5.74, 6) is 1.60. The quantitative estimate of drug-likeness (QED) is 0.625. The lowest BCUT2D eigenvalue weighted by atomic mass is 10.1. The van der Waals surface area contributed by atoms with Crippen LogP contribution in [0.4, 0.5) is 5.69 Å². The average Bonchev–Trinajstić information content (AvgIpc) is 2.61. The van der Waals surface area contributed by atoms with Crippen molar-refractivity contribution in [3.63, 3.8) is 0 Å². The number of aliphatic imine (C=N–C) groups is 1. The normalized spacial score (nSPS) is 15.7. The molecular weight excluding hydrogens is 330 g/mol. The smallest absolute Gasteiger partial charge is 0.239 e. The molecule has 1 aromatic rings. The first-order chi connectivity index (χ1) is 12.3. The second kappa shape index (κ2) is 8.78. The minimum Gasteiger partial charge on any atom is -0.497 e. The fourth-order valence-electron chi connectivity index (χ4n) is 2.92. The molecule has 0 unspecified atom stereocenters. The summed E-state index contributed by atoms with van der Waals surface area (Å²) in [6, 6.07) is 8.13. The summed E-state index contributed by atoms with van der Waals surface area (Å²) in [5.41, 5.74) is 0.963. The van der Waals surface area contributed by atoms with Crippen LogP contribution in [-0.2, 0) is 4.79 Å². The number of hydrogen-bond acceptors (Lipinski definition) is 4. The van der Waals surface area contributed by atoms with E-state index in [-0.39, 0.29) is 18.0 Å². The molecule has 0 aromatic heterocycles. The Morgan fingerprint density at radius 2 is 1.77 bits per heavy atom. The van der Waals surface area contributed by atoms with Crippen molar-refractivity contribution < 1.29 is 9.53 Å². The summed E-state index contributed by atoms with van der Waals surface area (Å²) in [5, 5.41) is 6.11. The van der Waals surface area contributed by atoms with Crippen molar-refractivity contribution in [2.75, 3.05) is 51.8 Å². The number of carbonyl (C=O) groups excluding carboxylic acids is 1. The Morgan fingerprint density at radius 3 is 2.27 bits per heavy atom. The van der Waals surface area contributed by atoms with Gasteiger partial charge in [0.15, 0.2) is 5.96 Å². The summed E-state index contributed by atoms with van der Waals surface area (Å²) in [6.07, 6.45) is 0. The molecule has 0 atom stereocenters. The number of guanidine groups is 1. The largest absolute Gasteiger partial charge is 0.497 e. The van der Waals surface area contributed by atoms with Crippen molar-refractivity contribution in [3.05, 3.63) is 24.3 Å². The van der Waals surface area contributed by atoms with Crippen LogP contribution >= 0.6 is 0 Å². The highest BCUT2D eigenvalue weighted by Crippen LogP contribution is 2.20. The van der Waals surface area contributed by atoms with E-state index in [0.29, 0.717) is 0 Å². The van der Waals surface area contributed by atoms with E-state index in [9.17, 15) is 4.79 Å². The molecule has 2 rings (SSSR count). The zero-order valence-corrected chi connectivity index (χ0v) is 16.5. The maximum absolute atomic E-state index is 12.0. The highest BCUT2D eigenvalue weighted by atomic mass is 16.5. The van der Waals surface area contributed by atoms with Crippen LogP contribution in [0.5, 0.6) is 5.75 Å². The monoisotopic (exact) mass is 361 g/mol. The predicted molar refractivity (Wildman–Crippen MR) is 106 cm³/mol. The van der Waals surface area contributed by atoms with Gasteiger partial charge in [0.1, 0.15) is 5.75 Å². The van der Waals surface area contributed by atoms with E-state index in [4.69, 9.17) is 4.74 Å². The highest BCUT2D eigenvalue weighted by molar-refractivity contribution is 5.86. The molecule has 7 nitrogen and oxygen atoms in total. The van der Waals surface area contributed by atoms with Crippen molar-refractivity contribution in [3.8, 4) is 5.75 Å². The summed E-state index contributed by atoms with van der Waals surface area (Å²) in [7, 11) is 3.42. The van der Waals surface area contributed by atoms with E-state index in [1.807, 2.05) is 32.9 Å². The lowest BCUT2D eigenvalue weighted by Crippen LogP contribution is -2.54. The van der Waals surface area contributed by atoms with Crippen LogP contribution < -0.4 is 20.3 Å². The molecule has 1 heterocycles. The topological polar surface area (TPSA) is 69.2 Å². The number of benzene rings is 1. The Labute approximate surface area is 156 Å². The number of amides is 1. The lowest BCUT2D eigenvalue weighted by molar-refractivity contribution is -0.121. The van der Waals surface area contributed by atoms with Gasteiger partial charge in [-0.3, -0.25) is 9.79 Å². The molecule has 1 saturated heterocycles. The van der Waals surface area contributed by atoms with Gasteiger partial charge in [-0.15, -0.1) is 0 Å². The molecule has 0 radical (unpaired) electrons. The number of piperazine rings is 1. The van der Waals surface area contributed by atoms with Crippen LogP contribution in [0.3, 0.4) is 0 Å². The number of carbonyl (C=O) groups is 1. The van der Waals surface area contributed by atoms with E-state index >= 15 is 0 Å². The first kappa shape index (κ1) is 19.9. The van der Waals surface area contributed by atoms with Crippen molar-refractivity contribution in [2.45, 2.75) is 26.3 Å². The van der Waals surface area contributed by atoms with Crippen molar-refractivity contribution >= 4 is 17.6 Å². The lowest BCUT2D eigenvalue weighted by Gasteiger charge is -2.37. The molecule has 0 bridgehead atoms. The molecule has 144 valence electrons. The minimum absolute atomic E-state index is 0.0319. The molecule has 7 heteroatoms. The number of methoxy groups -OCH3 is 1. The predicted octanol–water partition coefficient (Wildman–Crippen LogP) is 1.31. The van der Waals surface area contributed by atoms with Crippen LogP contribution in [0.1, 0.15) is 20.8 Å². The van der Waals surface area contributed by atoms with Crippen molar-refractivity contribution in [1.82, 2.24) is 15.5 Å². The van der Waals surface area contributed by atoms with Gasteiger partial charge < -0.3 is 25.2 Å². The molecule has 1 aromatic carbocycles. The van der Waals surface area contributed by atoms with E-state index < -0.39 is 0 Å². The number of hydrogen-bond donors (Lipinski definition) is 2. The van der Waals surface area contributed by atoms with Gasteiger partial charge in [-0.05, 0) is 45.0 Å². The van der Waals surface area contributed by atoms with Gasteiger partial charge in [0, 0.05) is 44.5 Å². The number of nitrogens with one attached hydrogen (secondary N) is 2. The number of ether oxygens (including phenoxy) is 1. The van der Waals surface area contributed by atoms with E-state index in [2.05, 4.69) is 37.6 Å². The molecule has 1 amide bonds. The van der Waals surface area contributed by atoms with Crippen molar-refractivity contribution in [2.24, 2.45) is 4.99 Å². The Bertz CT molecular complexity index is 614. The molecule has 1 aliphatic rings. The second-order valence-electron chi connectivity index (χ2n) is 7.37. The Kier molecular flexibility index (Phi) is 6.71. The molecule has 26 heavy (non-hydrogen) atoms. The molecule has 1 fully saturated rings. The molecule has 0 aliphatic carbocycles. The number of nitrogens with zero attached hydrogens (tertiary/aromatic N) is 3. The zero-order valence-electron chi connectivity index (χ0n) is 16.5. The van der Waals surface area contributed by atoms with Crippen LogP contribution in [0.25, 0.3) is 0 Å². The molecular formula is C19H31N5O2. The Balaban J connectivity index is 1.84. The Morgan fingerprint density at radius 1 is 1.15 bits per heavy atom.